The Morgan fingerprint density at radius 1 is 0.383 bits per heavy atom. The van der Waals surface area contributed by atoms with E-state index in [1.165, 1.54) is 16.5 Å². The summed E-state index contributed by atoms with van der Waals surface area (Å²) in [5, 5.41) is 6.88. The van der Waals surface area contributed by atoms with Gasteiger partial charge >= 0.3 is 0 Å². The first-order valence-corrected chi connectivity index (χ1v) is 15.9. The summed E-state index contributed by atoms with van der Waals surface area (Å²) >= 11 is 0. The van der Waals surface area contributed by atoms with Crippen molar-refractivity contribution in [1.29, 1.82) is 0 Å². The molecule has 0 saturated carbocycles. The Morgan fingerprint density at radius 2 is 1.06 bits per heavy atom. The predicted molar refractivity (Wildman–Crippen MR) is 195 cm³/mol. The van der Waals surface area contributed by atoms with E-state index in [1.807, 2.05) is 12.1 Å². The van der Waals surface area contributed by atoms with Crippen LogP contribution in [0.4, 0.5) is 0 Å². The van der Waals surface area contributed by atoms with Crippen LogP contribution in [0.15, 0.2) is 158 Å². The molecule has 0 atom stereocenters. The van der Waals surface area contributed by atoms with Gasteiger partial charge in [-0.15, -0.1) is 0 Å². The smallest absolute Gasteiger partial charge is 0.137 e. The molecule has 10 aromatic rings. The van der Waals surface area contributed by atoms with Gasteiger partial charge in [-0.25, -0.2) is 15.0 Å². The fourth-order valence-electron chi connectivity index (χ4n) is 7.13. The van der Waals surface area contributed by atoms with Crippen molar-refractivity contribution in [1.82, 2.24) is 19.4 Å². The van der Waals surface area contributed by atoms with Crippen molar-refractivity contribution in [2.45, 2.75) is 0 Å². The second-order valence-electron chi connectivity index (χ2n) is 12.1. The molecule has 0 radical (unpaired) electrons. The van der Waals surface area contributed by atoms with Crippen LogP contribution in [0.3, 0.4) is 0 Å². The number of imidazole rings is 1. The number of hydrogen-bond acceptors (Lipinski definition) is 3. The van der Waals surface area contributed by atoms with Crippen molar-refractivity contribution in [3.05, 3.63) is 158 Å². The SMILES string of the molecule is c1ccc(-c2ccc3c(c2)c2cc(-c4nc5ccc6ccccc6c5nc4-c4ccccc4)ccc2c2c3nc3ccccn32)cc1. The van der Waals surface area contributed by atoms with Gasteiger partial charge in [-0.1, -0.05) is 121 Å². The van der Waals surface area contributed by atoms with Crippen molar-refractivity contribution >= 4 is 60.0 Å². The average molecular weight is 599 g/mol. The Balaban J connectivity index is 1.32. The zero-order chi connectivity index (χ0) is 30.9. The van der Waals surface area contributed by atoms with E-state index in [2.05, 4.69) is 150 Å². The first-order chi connectivity index (χ1) is 23.3. The molecule has 0 fully saturated rings. The molecule has 0 aliphatic heterocycles. The van der Waals surface area contributed by atoms with Crippen molar-refractivity contribution in [2.24, 2.45) is 0 Å². The summed E-state index contributed by atoms with van der Waals surface area (Å²) in [5.41, 5.74) is 11.0. The number of fused-ring (bicyclic) bond motifs is 11. The standard InChI is InChI=1S/C43H26N4/c1-3-11-27(12-4-1)30-18-21-33-35(25-30)36-26-31(19-22-34(36)43-42(33)45-38-17-9-10-24-47(38)43)40-39(29-14-5-2-6-15-29)46-41-32-16-8-7-13-28(32)20-23-37(41)44-40/h1-26H. The van der Waals surface area contributed by atoms with Crippen molar-refractivity contribution in [3.63, 3.8) is 0 Å². The molecular formula is C43H26N4. The van der Waals surface area contributed by atoms with Crippen LogP contribution in [0.5, 0.6) is 0 Å². The lowest BCUT2D eigenvalue weighted by Crippen LogP contribution is -1.96. The van der Waals surface area contributed by atoms with Crippen LogP contribution < -0.4 is 0 Å². The highest BCUT2D eigenvalue weighted by atomic mass is 15.0. The van der Waals surface area contributed by atoms with Crippen LogP contribution in [-0.4, -0.2) is 19.4 Å². The van der Waals surface area contributed by atoms with Gasteiger partial charge in [-0.05, 0) is 57.6 Å². The molecule has 0 amide bonds. The van der Waals surface area contributed by atoms with Crippen molar-refractivity contribution < 1.29 is 0 Å². The number of rotatable bonds is 3. The molecule has 0 aliphatic carbocycles. The van der Waals surface area contributed by atoms with Crippen LogP contribution in [-0.2, 0) is 0 Å². The van der Waals surface area contributed by atoms with Gasteiger partial charge < -0.3 is 0 Å². The van der Waals surface area contributed by atoms with E-state index >= 15 is 0 Å². The largest absolute Gasteiger partial charge is 0.299 e. The number of hydrogen-bond donors (Lipinski definition) is 0. The third-order valence-electron chi connectivity index (χ3n) is 9.36. The molecule has 4 nitrogen and oxygen atoms in total. The lowest BCUT2D eigenvalue weighted by atomic mass is 9.93. The van der Waals surface area contributed by atoms with Gasteiger partial charge in [0.15, 0.2) is 0 Å². The lowest BCUT2D eigenvalue weighted by molar-refractivity contribution is 1.23. The molecule has 0 saturated heterocycles. The monoisotopic (exact) mass is 598 g/mol. The number of nitrogens with zero attached hydrogens (tertiary/aromatic N) is 4. The summed E-state index contributed by atoms with van der Waals surface area (Å²) in [7, 11) is 0. The maximum Gasteiger partial charge on any atom is 0.137 e. The molecule has 0 aliphatic rings. The van der Waals surface area contributed by atoms with Crippen molar-refractivity contribution in [2.75, 3.05) is 0 Å². The van der Waals surface area contributed by atoms with Crippen LogP contribution in [0.1, 0.15) is 0 Å². The van der Waals surface area contributed by atoms with E-state index in [0.29, 0.717) is 0 Å². The van der Waals surface area contributed by atoms with Gasteiger partial charge in [0.05, 0.1) is 33.5 Å². The van der Waals surface area contributed by atoms with E-state index in [9.17, 15) is 0 Å². The maximum atomic E-state index is 5.35. The first-order valence-electron chi connectivity index (χ1n) is 15.9. The molecule has 10 rings (SSSR count). The minimum Gasteiger partial charge on any atom is -0.299 e. The summed E-state index contributed by atoms with van der Waals surface area (Å²) in [6.07, 6.45) is 2.11. The van der Waals surface area contributed by atoms with Gasteiger partial charge in [0.25, 0.3) is 0 Å². The van der Waals surface area contributed by atoms with E-state index in [-0.39, 0.29) is 0 Å². The minimum absolute atomic E-state index is 0.867. The molecule has 0 spiro atoms. The summed E-state index contributed by atoms with van der Waals surface area (Å²) in [4.78, 5) is 15.8. The minimum atomic E-state index is 0.867. The second kappa shape index (κ2) is 10.1. The fourth-order valence-corrected chi connectivity index (χ4v) is 7.13. The van der Waals surface area contributed by atoms with Crippen LogP contribution in [0.25, 0.3) is 93.7 Å². The Labute approximate surface area is 270 Å². The van der Waals surface area contributed by atoms with Crippen LogP contribution >= 0.6 is 0 Å². The number of pyridine rings is 1. The fraction of sp³-hybridized carbons (Fsp3) is 0. The van der Waals surface area contributed by atoms with Gasteiger partial charge in [0, 0.05) is 33.5 Å². The third-order valence-corrected chi connectivity index (χ3v) is 9.36. The summed E-state index contributed by atoms with van der Waals surface area (Å²) in [6.45, 7) is 0. The van der Waals surface area contributed by atoms with Crippen molar-refractivity contribution in [3.8, 4) is 33.6 Å². The molecule has 0 N–H and O–H groups in total. The first kappa shape index (κ1) is 25.9. The second-order valence-corrected chi connectivity index (χ2v) is 12.1. The Bertz CT molecular complexity index is 2840. The van der Waals surface area contributed by atoms with E-state index in [0.717, 1.165) is 77.2 Å². The molecule has 218 valence electrons. The van der Waals surface area contributed by atoms with E-state index < -0.39 is 0 Å². The maximum absolute atomic E-state index is 5.35. The van der Waals surface area contributed by atoms with E-state index in [4.69, 9.17) is 15.0 Å². The van der Waals surface area contributed by atoms with Crippen LogP contribution in [0.2, 0.25) is 0 Å². The topological polar surface area (TPSA) is 43.1 Å². The molecule has 4 heteroatoms. The highest BCUT2D eigenvalue weighted by molar-refractivity contribution is 6.25. The van der Waals surface area contributed by atoms with Gasteiger partial charge in [-0.2, -0.15) is 0 Å². The lowest BCUT2D eigenvalue weighted by Gasteiger charge is -2.14. The zero-order valence-electron chi connectivity index (χ0n) is 25.3. The molecule has 47 heavy (non-hydrogen) atoms. The quantitative estimate of drug-likeness (QED) is 0.190. The Kier molecular flexibility index (Phi) is 5.54. The van der Waals surface area contributed by atoms with Gasteiger partial charge in [0.1, 0.15) is 5.65 Å². The zero-order valence-corrected chi connectivity index (χ0v) is 25.3. The highest BCUT2D eigenvalue weighted by Crippen LogP contribution is 2.41. The average Bonchev–Trinajstić information content (AvgIpc) is 3.55. The van der Waals surface area contributed by atoms with Gasteiger partial charge in [0.2, 0.25) is 0 Å². The summed E-state index contributed by atoms with van der Waals surface area (Å²) < 4.78 is 2.21. The van der Waals surface area contributed by atoms with Crippen LogP contribution in [0, 0.1) is 0 Å². The molecule has 3 heterocycles. The highest BCUT2D eigenvalue weighted by Gasteiger charge is 2.19. The summed E-state index contributed by atoms with van der Waals surface area (Å²) in [6, 6.07) is 53.3. The molecule has 0 unspecified atom stereocenters. The Morgan fingerprint density at radius 3 is 1.94 bits per heavy atom. The molecular weight excluding hydrogens is 573 g/mol. The normalized spacial score (nSPS) is 11.8. The van der Waals surface area contributed by atoms with E-state index in [1.54, 1.807) is 0 Å². The predicted octanol–water partition coefficient (Wildman–Crippen LogP) is 10.9. The van der Waals surface area contributed by atoms with Gasteiger partial charge in [-0.3, -0.25) is 4.40 Å². The third kappa shape index (κ3) is 3.98. The summed E-state index contributed by atoms with van der Waals surface area (Å²) in [5.74, 6) is 0. The number of benzene rings is 7. The molecule has 3 aromatic heterocycles. The molecule has 7 aromatic carbocycles. The number of aromatic nitrogens is 4. The Hall–Kier alpha value is -6.39. The molecule has 0 bridgehead atoms.